The molecule has 1 aromatic rings. The number of ether oxygens (including phenoxy) is 1. The second-order valence-electron chi connectivity index (χ2n) is 7.23. The van der Waals surface area contributed by atoms with Crippen LogP contribution in [0.25, 0.3) is 0 Å². The van der Waals surface area contributed by atoms with Crippen LogP contribution in [0.1, 0.15) is 41.9 Å². The number of nitrogens with one attached hydrogen (secondary N) is 2. The third-order valence-electron chi connectivity index (χ3n) is 4.67. The van der Waals surface area contributed by atoms with Gasteiger partial charge >= 0.3 is 0 Å². The van der Waals surface area contributed by atoms with Crippen LogP contribution in [0, 0.1) is 5.92 Å². The van der Waals surface area contributed by atoms with Crippen molar-refractivity contribution in [2.24, 2.45) is 5.92 Å². The number of rotatable bonds is 5. The summed E-state index contributed by atoms with van der Waals surface area (Å²) in [4.78, 5) is 29.7. The van der Waals surface area contributed by atoms with Crippen molar-refractivity contribution >= 4 is 5.91 Å². The molecule has 6 nitrogen and oxygen atoms in total. The Kier molecular flexibility index (Phi) is 5.36. The molecule has 1 aliphatic heterocycles. The Morgan fingerprint density at radius 2 is 2.29 bits per heavy atom. The normalized spacial score (nSPS) is 21.0. The van der Waals surface area contributed by atoms with E-state index in [0.29, 0.717) is 19.1 Å². The van der Waals surface area contributed by atoms with Crippen LogP contribution in [0.5, 0.6) is 0 Å². The number of amides is 1. The smallest absolute Gasteiger partial charge is 0.261 e. The van der Waals surface area contributed by atoms with E-state index in [1.165, 1.54) is 0 Å². The number of carbonyl (C=O) groups is 1. The highest BCUT2D eigenvalue weighted by Gasteiger charge is 2.23. The fraction of sp³-hybridized carbons (Fsp3) is 0.667. The van der Waals surface area contributed by atoms with Crippen LogP contribution >= 0.6 is 0 Å². The van der Waals surface area contributed by atoms with Crippen LogP contribution in [-0.4, -0.2) is 54.7 Å². The van der Waals surface area contributed by atoms with Gasteiger partial charge in [0.15, 0.2) is 0 Å². The summed E-state index contributed by atoms with van der Waals surface area (Å²) in [6.07, 6.45) is 2.85. The maximum Gasteiger partial charge on any atom is 0.261 e. The summed E-state index contributed by atoms with van der Waals surface area (Å²) in [5, 5.41) is 2.86. The molecule has 0 bridgehead atoms. The number of pyridine rings is 1. The summed E-state index contributed by atoms with van der Waals surface area (Å²) >= 11 is 0. The molecular formula is C18H27N3O3. The molecule has 2 aliphatic rings. The van der Waals surface area contributed by atoms with Gasteiger partial charge in [0.2, 0.25) is 0 Å². The molecule has 24 heavy (non-hydrogen) atoms. The SMILES string of the molecule is CC(C)CN1CCO[C@H](CNC(=O)c2cc3c([nH]c2=O)CCC3)C1. The molecule has 0 radical (unpaired) electrons. The van der Waals surface area contributed by atoms with Crippen molar-refractivity contribution < 1.29 is 9.53 Å². The van der Waals surface area contributed by atoms with Gasteiger partial charge < -0.3 is 15.0 Å². The monoisotopic (exact) mass is 333 g/mol. The summed E-state index contributed by atoms with van der Waals surface area (Å²) in [6, 6.07) is 1.75. The first kappa shape index (κ1) is 17.2. The Labute approximate surface area is 142 Å². The Hall–Kier alpha value is -1.66. The largest absolute Gasteiger partial charge is 0.374 e. The molecule has 0 spiro atoms. The molecule has 1 aliphatic carbocycles. The Balaban J connectivity index is 1.57. The van der Waals surface area contributed by atoms with E-state index in [1.54, 1.807) is 6.07 Å². The molecule has 3 rings (SSSR count). The molecule has 2 N–H and O–H groups in total. The first-order valence-corrected chi connectivity index (χ1v) is 8.90. The number of nitrogens with zero attached hydrogens (tertiary/aromatic N) is 1. The molecule has 1 aromatic heterocycles. The maximum atomic E-state index is 12.4. The Bertz CT molecular complexity index is 653. The molecule has 0 aromatic carbocycles. The minimum absolute atomic E-state index is 0.0186. The van der Waals surface area contributed by atoms with E-state index in [9.17, 15) is 9.59 Å². The zero-order valence-electron chi connectivity index (χ0n) is 14.6. The van der Waals surface area contributed by atoms with Crippen LogP contribution in [-0.2, 0) is 17.6 Å². The third-order valence-corrected chi connectivity index (χ3v) is 4.67. The van der Waals surface area contributed by atoms with Gasteiger partial charge in [-0.05, 0) is 36.8 Å². The molecule has 132 valence electrons. The van der Waals surface area contributed by atoms with Gasteiger partial charge in [-0.3, -0.25) is 14.5 Å². The van der Waals surface area contributed by atoms with Crippen LogP contribution in [0.15, 0.2) is 10.9 Å². The summed E-state index contributed by atoms with van der Waals surface area (Å²) in [6.45, 7) is 8.32. The molecule has 0 unspecified atom stereocenters. The number of fused-ring (bicyclic) bond motifs is 1. The zero-order chi connectivity index (χ0) is 17.1. The van der Waals surface area contributed by atoms with Gasteiger partial charge in [0.05, 0.1) is 12.7 Å². The third kappa shape index (κ3) is 4.05. The van der Waals surface area contributed by atoms with Crippen LogP contribution < -0.4 is 10.9 Å². The van der Waals surface area contributed by atoms with Crippen molar-refractivity contribution in [3.8, 4) is 0 Å². The van der Waals surface area contributed by atoms with Gasteiger partial charge in [0, 0.05) is 31.9 Å². The number of aryl methyl sites for hydroxylation is 2. The summed E-state index contributed by atoms with van der Waals surface area (Å²) in [5.74, 6) is 0.304. The lowest BCUT2D eigenvalue weighted by molar-refractivity contribution is -0.0295. The second kappa shape index (κ2) is 7.49. The summed E-state index contributed by atoms with van der Waals surface area (Å²) < 4.78 is 5.74. The first-order chi connectivity index (χ1) is 11.5. The summed E-state index contributed by atoms with van der Waals surface area (Å²) in [7, 11) is 0. The molecule has 2 heterocycles. The van der Waals surface area contributed by atoms with Crippen molar-refractivity contribution in [1.29, 1.82) is 0 Å². The fourth-order valence-electron chi connectivity index (χ4n) is 3.57. The molecule has 0 saturated carbocycles. The van der Waals surface area contributed by atoms with Gasteiger partial charge in [0.1, 0.15) is 5.56 Å². The van der Waals surface area contributed by atoms with Crippen LogP contribution in [0.2, 0.25) is 0 Å². The molecule has 1 amide bonds. The standard InChI is InChI=1S/C18H27N3O3/c1-12(2)10-21-6-7-24-14(11-21)9-19-17(22)15-8-13-4-3-5-16(13)20-18(15)23/h8,12,14H,3-7,9-11H2,1-2H3,(H,19,22)(H,20,23)/t14-/m1/s1. The number of aromatic amines is 1. The number of H-pyrrole nitrogens is 1. The van der Waals surface area contributed by atoms with E-state index in [0.717, 1.165) is 50.2 Å². The summed E-state index contributed by atoms with van der Waals surface area (Å²) in [5.41, 5.74) is 2.00. The fourth-order valence-corrected chi connectivity index (χ4v) is 3.57. The lowest BCUT2D eigenvalue weighted by atomic mass is 10.1. The number of hydrogen-bond acceptors (Lipinski definition) is 4. The Morgan fingerprint density at radius 1 is 1.46 bits per heavy atom. The average molecular weight is 333 g/mol. The van der Waals surface area contributed by atoms with E-state index in [4.69, 9.17) is 4.74 Å². The van der Waals surface area contributed by atoms with Gasteiger partial charge in [-0.1, -0.05) is 13.8 Å². The first-order valence-electron chi connectivity index (χ1n) is 8.90. The second-order valence-corrected chi connectivity index (χ2v) is 7.23. The number of carbonyl (C=O) groups excluding carboxylic acids is 1. The van der Waals surface area contributed by atoms with E-state index in [-0.39, 0.29) is 23.1 Å². The van der Waals surface area contributed by atoms with Crippen molar-refractivity contribution in [3.63, 3.8) is 0 Å². The molecule has 1 fully saturated rings. The van der Waals surface area contributed by atoms with E-state index < -0.39 is 0 Å². The van der Waals surface area contributed by atoms with Gasteiger partial charge in [-0.2, -0.15) is 0 Å². The predicted molar refractivity (Wildman–Crippen MR) is 92.4 cm³/mol. The lowest BCUT2D eigenvalue weighted by Crippen LogP contribution is -2.48. The number of hydrogen-bond donors (Lipinski definition) is 2. The predicted octanol–water partition coefficient (Wildman–Crippen LogP) is 0.950. The van der Waals surface area contributed by atoms with Gasteiger partial charge in [-0.15, -0.1) is 0 Å². The average Bonchev–Trinajstić information content (AvgIpc) is 2.98. The van der Waals surface area contributed by atoms with E-state index in [1.807, 2.05) is 0 Å². The number of morpholine rings is 1. The van der Waals surface area contributed by atoms with E-state index in [2.05, 4.69) is 29.0 Å². The van der Waals surface area contributed by atoms with Crippen molar-refractivity contribution in [1.82, 2.24) is 15.2 Å². The van der Waals surface area contributed by atoms with Crippen LogP contribution in [0.4, 0.5) is 0 Å². The number of aromatic nitrogens is 1. The highest BCUT2D eigenvalue weighted by molar-refractivity contribution is 5.94. The van der Waals surface area contributed by atoms with Crippen LogP contribution in [0.3, 0.4) is 0 Å². The van der Waals surface area contributed by atoms with E-state index >= 15 is 0 Å². The zero-order valence-corrected chi connectivity index (χ0v) is 14.6. The highest BCUT2D eigenvalue weighted by Crippen LogP contribution is 2.18. The molecule has 1 atom stereocenters. The van der Waals surface area contributed by atoms with Crippen molar-refractivity contribution in [2.75, 3.05) is 32.8 Å². The maximum absolute atomic E-state index is 12.4. The minimum Gasteiger partial charge on any atom is -0.374 e. The Morgan fingerprint density at radius 3 is 3.08 bits per heavy atom. The minimum atomic E-state index is -0.310. The molecule has 6 heteroatoms. The topological polar surface area (TPSA) is 74.4 Å². The highest BCUT2D eigenvalue weighted by atomic mass is 16.5. The van der Waals surface area contributed by atoms with Crippen molar-refractivity contribution in [3.05, 3.63) is 33.2 Å². The molecular weight excluding hydrogens is 306 g/mol. The van der Waals surface area contributed by atoms with Gasteiger partial charge in [0.25, 0.3) is 11.5 Å². The van der Waals surface area contributed by atoms with Crippen molar-refractivity contribution in [2.45, 2.75) is 39.2 Å². The quantitative estimate of drug-likeness (QED) is 0.841. The lowest BCUT2D eigenvalue weighted by Gasteiger charge is -2.33. The molecule has 1 saturated heterocycles. The van der Waals surface area contributed by atoms with Gasteiger partial charge in [-0.25, -0.2) is 0 Å².